The van der Waals surface area contributed by atoms with Gasteiger partial charge in [-0.15, -0.1) is 0 Å². The number of nitrogens with zero attached hydrogens (tertiary/aromatic N) is 3. The smallest absolute Gasteiger partial charge is 0.268 e. The Morgan fingerprint density at radius 1 is 1.47 bits per heavy atom. The van der Waals surface area contributed by atoms with Crippen LogP contribution < -0.4 is 11.1 Å². The number of nitrogens with one attached hydrogen (secondary N) is 1. The molecular weight excluding hydrogens is 306 g/mol. The lowest BCUT2D eigenvalue weighted by atomic mass is 10.4. The number of hydrogen-bond donors (Lipinski definition) is 2. The molecule has 2 heterocycles. The molecule has 0 saturated carbocycles. The Kier molecular flexibility index (Phi) is 3.34. The van der Waals surface area contributed by atoms with Gasteiger partial charge in [0.15, 0.2) is 10.9 Å². The lowest BCUT2D eigenvalue weighted by molar-refractivity contribution is 0.102. The highest BCUT2D eigenvalue weighted by atomic mass is 79.9. The minimum atomic E-state index is -0.284. The molecule has 0 unspecified atom stereocenters. The van der Waals surface area contributed by atoms with E-state index in [1.165, 1.54) is 12.4 Å². The van der Waals surface area contributed by atoms with Crippen LogP contribution in [0.4, 0.5) is 10.9 Å². The van der Waals surface area contributed by atoms with Crippen molar-refractivity contribution in [2.75, 3.05) is 11.1 Å². The molecule has 2 rings (SSSR count). The van der Waals surface area contributed by atoms with E-state index in [1.54, 1.807) is 6.92 Å². The van der Waals surface area contributed by atoms with Crippen LogP contribution in [0.15, 0.2) is 17.0 Å². The quantitative estimate of drug-likeness (QED) is 0.882. The van der Waals surface area contributed by atoms with E-state index in [-0.39, 0.29) is 5.91 Å². The minimum Gasteiger partial charge on any atom is -0.375 e. The average molecular weight is 314 g/mol. The first kappa shape index (κ1) is 11.9. The zero-order chi connectivity index (χ0) is 12.4. The Hall–Kier alpha value is -1.54. The number of nitrogen functional groups attached to an aromatic ring is 1. The highest BCUT2D eigenvalue weighted by molar-refractivity contribution is 9.10. The van der Waals surface area contributed by atoms with E-state index in [0.29, 0.717) is 26.1 Å². The van der Waals surface area contributed by atoms with Crippen LogP contribution in [0.1, 0.15) is 15.4 Å². The number of carbonyl (C=O) groups excluding carboxylic acids is 1. The molecule has 0 radical (unpaired) electrons. The first-order chi connectivity index (χ1) is 8.06. The molecule has 0 aliphatic carbocycles. The van der Waals surface area contributed by atoms with Gasteiger partial charge in [0.25, 0.3) is 5.91 Å². The second-order valence-electron chi connectivity index (χ2n) is 3.15. The predicted octanol–water partition coefficient (Wildman–Crippen LogP) is 1.84. The molecule has 8 heteroatoms. The van der Waals surface area contributed by atoms with E-state index >= 15 is 0 Å². The maximum Gasteiger partial charge on any atom is 0.268 e. The number of halogens is 1. The van der Waals surface area contributed by atoms with Crippen LogP contribution in [0, 0.1) is 6.92 Å². The Labute approximate surface area is 109 Å². The SMILES string of the molecule is Cc1nc(N)sc1C(=O)Nc1cnc(Br)cn1. The molecule has 0 saturated heterocycles. The van der Waals surface area contributed by atoms with E-state index < -0.39 is 0 Å². The number of nitrogens with two attached hydrogens (primary N) is 1. The van der Waals surface area contributed by atoms with Crippen LogP contribution in [0.2, 0.25) is 0 Å². The van der Waals surface area contributed by atoms with Crippen LogP contribution >= 0.6 is 27.3 Å². The Bertz CT molecular complexity index is 553. The summed E-state index contributed by atoms with van der Waals surface area (Å²) in [4.78, 5) is 24.3. The summed E-state index contributed by atoms with van der Waals surface area (Å²) in [6.45, 7) is 1.73. The van der Waals surface area contributed by atoms with Gasteiger partial charge in [-0.1, -0.05) is 11.3 Å². The van der Waals surface area contributed by atoms with Crippen LogP contribution in [0.3, 0.4) is 0 Å². The van der Waals surface area contributed by atoms with E-state index in [4.69, 9.17) is 5.73 Å². The normalized spacial score (nSPS) is 10.2. The summed E-state index contributed by atoms with van der Waals surface area (Å²) in [5.41, 5.74) is 6.13. The third kappa shape index (κ3) is 2.77. The molecule has 88 valence electrons. The van der Waals surface area contributed by atoms with Crippen molar-refractivity contribution < 1.29 is 4.79 Å². The lowest BCUT2D eigenvalue weighted by Gasteiger charge is -2.01. The molecule has 3 N–H and O–H groups in total. The van der Waals surface area contributed by atoms with Crippen molar-refractivity contribution in [1.29, 1.82) is 0 Å². The Morgan fingerprint density at radius 3 is 2.76 bits per heavy atom. The third-order valence-corrected chi connectivity index (χ3v) is 3.28. The zero-order valence-corrected chi connectivity index (χ0v) is 11.2. The summed E-state index contributed by atoms with van der Waals surface area (Å²) in [5, 5.41) is 2.99. The number of rotatable bonds is 2. The second-order valence-corrected chi connectivity index (χ2v) is 4.99. The van der Waals surface area contributed by atoms with Gasteiger partial charge in [-0.2, -0.15) is 0 Å². The van der Waals surface area contributed by atoms with Gasteiger partial charge in [-0.3, -0.25) is 4.79 Å². The number of carbonyl (C=O) groups is 1. The fourth-order valence-corrected chi connectivity index (χ4v) is 2.11. The van der Waals surface area contributed by atoms with Gasteiger partial charge in [-0.25, -0.2) is 15.0 Å². The molecule has 0 aliphatic rings. The predicted molar refractivity (Wildman–Crippen MR) is 68.9 cm³/mol. The van der Waals surface area contributed by atoms with Crippen LogP contribution in [-0.4, -0.2) is 20.9 Å². The standard InChI is InChI=1S/C9H8BrN5OS/c1-4-7(17-9(11)14-4)8(16)15-6-3-12-5(10)2-13-6/h2-3H,1H3,(H2,11,14)(H,13,15,16). The number of anilines is 2. The van der Waals surface area contributed by atoms with Gasteiger partial charge in [0.05, 0.1) is 18.1 Å². The number of amides is 1. The molecular formula is C9H8BrN5OS. The van der Waals surface area contributed by atoms with Gasteiger partial charge in [-0.05, 0) is 22.9 Å². The van der Waals surface area contributed by atoms with Crippen molar-refractivity contribution in [3.05, 3.63) is 27.6 Å². The maximum atomic E-state index is 11.9. The largest absolute Gasteiger partial charge is 0.375 e. The van der Waals surface area contributed by atoms with Gasteiger partial charge >= 0.3 is 0 Å². The van der Waals surface area contributed by atoms with Crippen LogP contribution in [-0.2, 0) is 0 Å². The fourth-order valence-electron chi connectivity index (χ4n) is 1.18. The fraction of sp³-hybridized carbons (Fsp3) is 0.111. The van der Waals surface area contributed by atoms with Crippen molar-refractivity contribution in [3.63, 3.8) is 0 Å². The van der Waals surface area contributed by atoms with E-state index in [2.05, 4.69) is 36.2 Å². The van der Waals surface area contributed by atoms with Crippen LogP contribution in [0.25, 0.3) is 0 Å². The first-order valence-electron chi connectivity index (χ1n) is 4.58. The Morgan fingerprint density at radius 2 is 2.24 bits per heavy atom. The van der Waals surface area contributed by atoms with Crippen LogP contribution in [0.5, 0.6) is 0 Å². The average Bonchev–Trinajstić information content (AvgIpc) is 2.61. The molecule has 17 heavy (non-hydrogen) atoms. The summed E-state index contributed by atoms with van der Waals surface area (Å²) < 4.78 is 0.605. The highest BCUT2D eigenvalue weighted by Crippen LogP contribution is 2.20. The molecule has 1 amide bonds. The molecule has 0 atom stereocenters. The third-order valence-electron chi connectivity index (χ3n) is 1.88. The molecule has 2 aromatic heterocycles. The zero-order valence-electron chi connectivity index (χ0n) is 8.77. The van der Waals surface area contributed by atoms with E-state index in [0.717, 1.165) is 11.3 Å². The van der Waals surface area contributed by atoms with E-state index in [9.17, 15) is 4.79 Å². The second kappa shape index (κ2) is 4.76. The molecule has 0 bridgehead atoms. The number of aromatic nitrogens is 3. The van der Waals surface area contributed by atoms with Crippen molar-refractivity contribution >= 4 is 44.1 Å². The topological polar surface area (TPSA) is 93.8 Å². The Balaban J connectivity index is 2.17. The van der Waals surface area contributed by atoms with Crippen molar-refractivity contribution in [2.45, 2.75) is 6.92 Å². The van der Waals surface area contributed by atoms with Gasteiger partial charge in [0, 0.05) is 0 Å². The van der Waals surface area contributed by atoms with Gasteiger partial charge in [0.2, 0.25) is 0 Å². The number of thiazole rings is 1. The first-order valence-corrected chi connectivity index (χ1v) is 6.19. The summed E-state index contributed by atoms with van der Waals surface area (Å²) in [6.07, 6.45) is 2.96. The summed E-state index contributed by atoms with van der Waals surface area (Å²) in [5.74, 6) is 0.0953. The number of aryl methyl sites for hydroxylation is 1. The van der Waals surface area contributed by atoms with Crippen molar-refractivity contribution in [3.8, 4) is 0 Å². The minimum absolute atomic E-state index is 0.284. The van der Waals surface area contributed by atoms with Gasteiger partial charge in [0.1, 0.15) is 9.48 Å². The molecule has 0 spiro atoms. The van der Waals surface area contributed by atoms with Gasteiger partial charge < -0.3 is 11.1 Å². The lowest BCUT2D eigenvalue weighted by Crippen LogP contribution is -2.12. The van der Waals surface area contributed by atoms with Crippen molar-refractivity contribution in [1.82, 2.24) is 15.0 Å². The maximum absolute atomic E-state index is 11.9. The summed E-state index contributed by atoms with van der Waals surface area (Å²) >= 11 is 4.30. The molecule has 2 aromatic rings. The number of hydrogen-bond acceptors (Lipinski definition) is 6. The molecule has 0 aromatic carbocycles. The molecule has 0 aliphatic heterocycles. The monoisotopic (exact) mass is 313 g/mol. The van der Waals surface area contributed by atoms with E-state index in [1.807, 2.05) is 0 Å². The highest BCUT2D eigenvalue weighted by Gasteiger charge is 2.14. The summed E-state index contributed by atoms with van der Waals surface area (Å²) in [7, 11) is 0. The summed E-state index contributed by atoms with van der Waals surface area (Å²) in [6, 6.07) is 0. The van der Waals surface area contributed by atoms with Crippen molar-refractivity contribution in [2.24, 2.45) is 0 Å². The molecule has 0 fully saturated rings. The molecule has 6 nitrogen and oxygen atoms in total.